The first-order valence-corrected chi connectivity index (χ1v) is 8.80. The third kappa shape index (κ3) is 2.90. The summed E-state index contributed by atoms with van der Waals surface area (Å²) >= 11 is 1.51. The Morgan fingerprint density at radius 3 is 3.04 bits per heavy atom. The fourth-order valence-electron chi connectivity index (χ4n) is 2.93. The molecule has 0 aliphatic carbocycles. The van der Waals surface area contributed by atoms with E-state index in [0.29, 0.717) is 25.5 Å². The van der Waals surface area contributed by atoms with Crippen LogP contribution in [-0.4, -0.2) is 41.6 Å². The Morgan fingerprint density at radius 1 is 1.40 bits per heavy atom. The van der Waals surface area contributed by atoms with E-state index >= 15 is 0 Å². The molecule has 1 aliphatic heterocycles. The van der Waals surface area contributed by atoms with Crippen LogP contribution in [0.2, 0.25) is 0 Å². The van der Waals surface area contributed by atoms with Gasteiger partial charge in [-0.2, -0.15) is 0 Å². The second kappa shape index (κ2) is 6.18. The Balaban J connectivity index is 1.75. The van der Waals surface area contributed by atoms with Crippen molar-refractivity contribution in [2.75, 3.05) is 26.0 Å². The number of hydrogen-bond donors (Lipinski definition) is 2. The van der Waals surface area contributed by atoms with Gasteiger partial charge in [0.15, 0.2) is 0 Å². The van der Waals surface area contributed by atoms with E-state index in [0.717, 1.165) is 31.9 Å². The van der Waals surface area contributed by atoms with Gasteiger partial charge in [-0.3, -0.25) is 4.99 Å². The predicted molar refractivity (Wildman–Crippen MR) is 100 cm³/mol. The van der Waals surface area contributed by atoms with Crippen LogP contribution in [0.4, 0.5) is 5.82 Å². The molecular formula is C18H18N4O2S. The molecule has 25 heavy (non-hydrogen) atoms. The molecule has 3 aromatic heterocycles. The minimum absolute atomic E-state index is 0.342. The zero-order valence-electron chi connectivity index (χ0n) is 13.8. The van der Waals surface area contributed by atoms with Crippen molar-refractivity contribution in [1.82, 2.24) is 9.97 Å². The highest BCUT2D eigenvalue weighted by atomic mass is 32.1. The van der Waals surface area contributed by atoms with E-state index in [1.54, 1.807) is 19.5 Å². The van der Waals surface area contributed by atoms with E-state index in [1.807, 2.05) is 24.3 Å². The second-order valence-corrected chi connectivity index (χ2v) is 7.15. The van der Waals surface area contributed by atoms with Gasteiger partial charge in [-0.15, -0.1) is 11.3 Å². The molecule has 6 nitrogen and oxygen atoms in total. The summed E-state index contributed by atoms with van der Waals surface area (Å²) in [6.45, 7) is 0.927. The Kier molecular flexibility index (Phi) is 3.99. The Morgan fingerprint density at radius 2 is 2.28 bits per heavy atom. The van der Waals surface area contributed by atoms with Gasteiger partial charge in [0.1, 0.15) is 16.2 Å². The molecule has 1 atom stereocenters. The number of pyridine rings is 2. The number of nitrogens with two attached hydrogens (primary N) is 1. The summed E-state index contributed by atoms with van der Waals surface area (Å²) < 4.78 is 5.35. The normalized spacial score (nSPS) is 20.7. The molecule has 0 radical (unpaired) electrons. The van der Waals surface area contributed by atoms with Crippen LogP contribution in [0.1, 0.15) is 16.9 Å². The van der Waals surface area contributed by atoms with Crippen LogP contribution >= 0.6 is 11.3 Å². The van der Waals surface area contributed by atoms with Crippen LogP contribution in [0.3, 0.4) is 0 Å². The number of rotatable bonds is 3. The fourth-order valence-corrected chi connectivity index (χ4v) is 4.07. The van der Waals surface area contributed by atoms with Crippen molar-refractivity contribution < 1.29 is 9.84 Å². The second-order valence-electron chi connectivity index (χ2n) is 6.12. The summed E-state index contributed by atoms with van der Waals surface area (Å²) in [6.07, 6.45) is 4.01. The Bertz CT molecular complexity index is 961. The minimum atomic E-state index is -0.890. The number of nitrogens with zero attached hydrogens (tertiary/aromatic N) is 3. The monoisotopic (exact) mass is 354 g/mol. The lowest BCUT2D eigenvalue weighted by atomic mass is 10.0. The maximum atomic E-state index is 10.7. The zero-order chi connectivity index (χ0) is 17.4. The number of ether oxygens (including phenoxy) is 1. The van der Waals surface area contributed by atoms with Crippen molar-refractivity contribution in [2.24, 2.45) is 4.99 Å². The Labute approximate surface area is 149 Å². The molecule has 1 saturated heterocycles. The first kappa shape index (κ1) is 16.1. The van der Waals surface area contributed by atoms with Gasteiger partial charge >= 0.3 is 0 Å². The number of aliphatic imine (C=N–C) groups is 1. The van der Waals surface area contributed by atoms with Crippen molar-refractivity contribution in [3.63, 3.8) is 0 Å². The molecule has 4 heterocycles. The summed E-state index contributed by atoms with van der Waals surface area (Å²) in [5.41, 5.74) is 7.44. The van der Waals surface area contributed by atoms with Gasteiger partial charge in [0.05, 0.1) is 12.3 Å². The molecular weight excluding hydrogens is 336 g/mol. The van der Waals surface area contributed by atoms with Gasteiger partial charge in [-0.05, 0) is 24.3 Å². The molecule has 0 bridgehead atoms. The third-order valence-corrected chi connectivity index (χ3v) is 5.59. The Hall–Kier alpha value is -2.35. The standard InChI is InChI=1S/C18H18N4O2S/c1-20-8-13-6-12(9-21-16(13)19)14-3-2-11-7-15(25-17(11)22-14)18(23)4-5-24-10-18/h2-3,6-9,23H,4-5,10H2,1H3,(H2,19,21). The van der Waals surface area contributed by atoms with Crippen molar-refractivity contribution in [3.05, 3.63) is 40.9 Å². The number of aliphatic hydroxyl groups is 1. The van der Waals surface area contributed by atoms with Crippen LogP contribution in [0.15, 0.2) is 35.5 Å². The van der Waals surface area contributed by atoms with Gasteiger partial charge in [0, 0.05) is 53.9 Å². The van der Waals surface area contributed by atoms with Gasteiger partial charge in [-0.25, -0.2) is 9.97 Å². The van der Waals surface area contributed by atoms with Gasteiger partial charge < -0.3 is 15.6 Å². The van der Waals surface area contributed by atoms with Crippen LogP contribution < -0.4 is 5.73 Å². The highest BCUT2D eigenvalue weighted by Crippen LogP contribution is 2.38. The third-order valence-electron chi connectivity index (χ3n) is 4.36. The first-order chi connectivity index (χ1) is 12.1. The van der Waals surface area contributed by atoms with Gasteiger partial charge in [-0.1, -0.05) is 0 Å². The molecule has 1 fully saturated rings. The SMILES string of the molecule is CN=Cc1cc(-c2ccc3cc(C4(O)CCOC4)sc3n2)cnc1N. The number of hydrogen-bond acceptors (Lipinski definition) is 7. The smallest absolute Gasteiger partial charge is 0.132 e. The van der Waals surface area contributed by atoms with Crippen LogP contribution in [0.5, 0.6) is 0 Å². The predicted octanol–water partition coefficient (Wildman–Crippen LogP) is 2.60. The first-order valence-electron chi connectivity index (χ1n) is 7.98. The van der Waals surface area contributed by atoms with E-state index in [1.165, 1.54) is 11.3 Å². The minimum Gasteiger partial charge on any atom is -0.383 e. The summed E-state index contributed by atoms with van der Waals surface area (Å²) in [5.74, 6) is 0.442. The number of aromatic nitrogens is 2. The van der Waals surface area contributed by atoms with Crippen molar-refractivity contribution in [1.29, 1.82) is 0 Å². The lowest BCUT2D eigenvalue weighted by Crippen LogP contribution is -2.23. The largest absolute Gasteiger partial charge is 0.383 e. The number of fused-ring (bicyclic) bond motifs is 1. The quantitative estimate of drug-likeness (QED) is 0.705. The summed E-state index contributed by atoms with van der Waals surface area (Å²) in [5, 5.41) is 11.7. The molecule has 0 spiro atoms. The molecule has 4 rings (SSSR count). The molecule has 3 N–H and O–H groups in total. The van der Waals surface area contributed by atoms with Gasteiger partial charge in [0.25, 0.3) is 0 Å². The fraction of sp³-hybridized carbons (Fsp3) is 0.278. The highest BCUT2D eigenvalue weighted by Gasteiger charge is 2.35. The van der Waals surface area contributed by atoms with Crippen LogP contribution in [0, 0.1) is 0 Å². The molecule has 3 aromatic rings. The zero-order valence-corrected chi connectivity index (χ0v) is 14.6. The van der Waals surface area contributed by atoms with Crippen LogP contribution in [-0.2, 0) is 10.3 Å². The van der Waals surface area contributed by atoms with Crippen LogP contribution in [0.25, 0.3) is 21.5 Å². The average molecular weight is 354 g/mol. The average Bonchev–Trinajstić information content (AvgIpc) is 3.23. The summed E-state index contributed by atoms with van der Waals surface area (Å²) in [4.78, 5) is 14.8. The number of thiophene rings is 1. The maximum Gasteiger partial charge on any atom is 0.132 e. The van der Waals surface area contributed by atoms with Crippen molar-refractivity contribution in [2.45, 2.75) is 12.0 Å². The summed E-state index contributed by atoms with van der Waals surface area (Å²) in [6, 6.07) is 7.90. The van der Waals surface area contributed by atoms with E-state index in [2.05, 4.69) is 9.98 Å². The molecule has 0 saturated carbocycles. The van der Waals surface area contributed by atoms with Crippen molar-refractivity contribution in [3.8, 4) is 11.3 Å². The number of nitrogen functional groups attached to an aromatic ring is 1. The van der Waals surface area contributed by atoms with E-state index < -0.39 is 5.60 Å². The highest BCUT2D eigenvalue weighted by molar-refractivity contribution is 7.18. The molecule has 128 valence electrons. The van der Waals surface area contributed by atoms with E-state index in [-0.39, 0.29) is 0 Å². The molecule has 0 aromatic carbocycles. The lowest BCUT2D eigenvalue weighted by molar-refractivity contribution is 0.0264. The molecule has 0 amide bonds. The van der Waals surface area contributed by atoms with E-state index in [4.69, 9.17) is 15.5 Å². The summed E-state index contributed by atoms with van der Waals surface area (Å²) in [7, 11) is 1.70. The molecule has 7 heteroatoms. The number of anilines is 1. The van der Waals surface area contributed by atoms with Gasteiger partial charge in [0.2, 0.25) is 0 Å². The van der Waals surface area contributed by atoms with Crippen molar-refractivity contribution >= 4 is 33.6 Å². The topological polar surface area (TPSA) is 93.6 Å². The van der Waals surface area contributed by atoms with E-state index in [9.17, 15) is 5.11 Å². The molecule has 1 unspecified atom stereocenters. The molecule has 1 aliphatic rings. The maximum absolute atomic E-state index is 10.7. The lowest BCUT2D eigenvalue weighted by Gasteiger charge is -2.17.